The topological polar surface area (TPSA) is 36.1 Å². The SMILES string of the molecule is O=C(c1cc2cc(Cl)c(F)c(F)c2[nH]1)N1CC2(CCCC2)C1. The number of likely N-dealkylation sites (tertiary alicyclic amines) is 1. The van der Waals surface area contributed by atoms with E-state index in [2.05, 4.69) is 4.98 Å². The summed E-state index contributed by atoms with van der Waals surface area (Å²) in [5.41, 5.74) is 0.576. The molecule has 1 saturated heterocycles. The lowest BCUT2D eigenvalue weighted by Crippen LogP contribution is -2.57. The molecule has 1 aliphatic heterocycles. The van der Waals surface area contributed by atoms with Crippen molar-refractivity contribution >= 4 is 28.4 Å². The van der Waals surface area contributed by atoms with E-state index in [1.54, 1.807) is 4.90 Å². The van der Waals surface area contributed by atoms with Crippen LogP contribution >= 0.6 is 11.6 Å². The summed E-state index contributed by atoms with van der Waals surface area (Å²) in [5.74, 6) is -2.30. The molecule has 1 N–H and O–H groups in total. The second-order valence-corrected chi connectivity index (χ2v) is 6.91. The fourth-order valence-corrected chi connectivity index (χ4v) is 4.01. The van der Waals surface area contributed by atoms with Gasteiger partial charge in [-0.15, -0.1) is 0 Å². The highest BCUT2D eigenvalue weighted by atomic mass is 35.5. The van der Waals surface area contributed by atoms with Crippen LogP contribution in [0.15, 0.2) is 12.1 Å². The van der Waals surface area contributed by atoms with Crippen molar-refractivity contribution in [1.82, 2.24) is 9.88 Å². The van der Waals surface area contributed by atoms with Gasteiger partial charge in [0.15, 0.2) is 11.6 Å². The summed E-state index contributed by atoms with van der Waals surface area (Å²) in [4.78, 5) is 16.9. The van der Waals surface area contributed by atoms with Gasteiger partial charge in [0, 0.05) is 23.9 Å². The Morgan fingerprint density at radius 1 is 1.18 bits per heavy atom. The van der Waals surface area contributed by atoms with Gasteiger partial charge in [-0.1, -0.05) is 24.4 Å². The number of H-pyrrole nitrogens is 1. The molecule has 3 nitrogen and oxygen atoms in total. The largest absolute Gasteiger partial charge is 0.348 e. The zero-order valence-corrected chi connectivity index (χ0v) is 12.6. The minimum Gasteiger partial charge on any atom is -0.348 e. The molecule has 2 fully saturated rings. The first-order chi connectivity index (χ1) is 10.5. The maximum atomic E-state index is 13.9. The molecule has 0 bridgehead atoms. The Labute approximate surface area is 131 Å². The average molecular weight is 325 g/mol. The van der Waals surface area contributed by atoms with E-state index in [1.807, 2.05) is 0 Å². The number of nitrogens with one attached hydrogen (secondary N) is 1. The number of amides is 1. The number of benzene rings is 1. The van der Waals surface area contributed by atoms with Gasteiger partial charge in [0.05, 0.1) is 10.5 Å². The second-order valence-electron chi connectivity index (χ2n) is 6.50. The van der Waals surface area contributed by atoms with E-state index in [4.69, 9.17) is 11.6 Å². The first-order valence-electron chi connectivity index (χ1n) is 7.45. The van der Waals surface area contributed by atoms with Gasteiger partial charge in [-0.25, -0.2) is 8.78 Å². The van der Waals surface area contributed by atoms with Gasteiger partial charge < -0.3 is 9.88 Å². The van der Waals surface area contributed by atoms with Gasteiger partial charge in [-0.2, -0.15) is 0 Å². The van der Waals surface area contributed by atoms with Crippen molar-refractivity contribution in [3.63, 3.8) is 0 Å². The zero-order valence-electron chi connectivity index (χ0n) is 11.9. The summed E-state index contributed by atoms with van der Waals surface area (Å²) in [6.07, 6.45) is 4.83. The van der Waals surface area contributed by atoms with Gasteiger partial charge in [0.25, 0.3) is 5.91 Å². The van der Waals surface area contributed by atoms with E-state index >= 15 is 0 Å². The van der Waals surface area contributed by atoms with Gasteiger partial charge >= 0.3 is 0 Å². The van der Waals surface area contributed by atoms with Crippen LogP contribution in [0.1, 0.15) is 36.2 Å². The van der Waals surface area contributed by atoms with Crippen molar-refractivity contribution in [2.75, 3.05) is 13.1 Å². The summed E-state index contributed by atoms with van der Waals surface area (Å²) >= 11 is 5.64. The molecule has 2 heterocycles. The third-order valence-electron chi connectivity index (χ3n) is 4.99. The van der Waals surface area contributed by atoms with Crippen molar-refractivity contribution in [1.29, 1.82) is 0 Å². The highest BCUT2D eigenvalue weighted by Gasteiger charge is 2.46. The Balaban J connectivity index is 1.62. The highest BCUT2D eigenvalue weighted by Crippen LogP contribution is 2.45. The molecule has 4 rings (SSSR count). The predicted molar refractivity (Wildman–Crippen MR) is 80.0 cm³/mol. The van der Waals surface area contributed by atoms with Gasteiger partial charge in [0.1, 0.15) is 5.69 Å². The molecular weight excluding hydrogens is 310 g/mol. The quantitative estimate of drug-likeness (QED) is 0.787. The van der Waals surface area contributed by atoms with E-state index in [9.17, 15) is 13.6 Å². The third-order valence-corrected chi connectivity index (χ3v) is 5.26. The smallest absolute Gasteiger partial charge is 0.270 e. The number of rotatable bonds is 1. The van der Waals surface area contributed by atoms with Crippen molar-refractivity contribution in [2.45, 2.75) is 25.7 Å². The molecular formula is C16H15ClF2N2O. The second kappa shape index (κ2) is 4.69. The first-order valence-corrected chi connectivity index (χ1v) is 7.82. The van der Waals surface area contributed by atoms with E-state index in [-0.39, 0.29) is 22.1 Å². The van der Waals surface area contributed by atoms with Crippen molar-refractivity contribution in [3.05, 3.63) is 34.5 Å². The molecule has 6 heteroatoms. The molecule has 1 aromatic heterocycles. The first kappa shape index (κ1) is 14.0. The number of aromatic nitrogens is 1. The number of carbonyl (C=O) groups is 1. The number of aromatic amines is 1. The Kier molecular flexibility index (Phi) is 2.98. The highest BCUT2D eigenvalue weighted by molar-refractivity contribution is 6.31. The lowest BCUT2D eigenvalue weighted by Gasteiger charge is -2.48. The molecule has 0 radical (unpaired) electrons. The zero-order chi connectivity index (χ0) is 15.5. The van der Waals surface area contributed by atoms with Crippen LogP contribution in [-0.4, -0.2) is 28.9 Å². The van der Waals surface area contributed by atoms with Crippen LogP contribution in [0.5, 0.6) is 0 Å². The van der Waals surface area contributed by atoms with Crippen molar-refractivity contribution in [2.24, 2.45) is 5.41 Å². The van der Waals surface area contributed by atoms with Crippen LogP contribution in [0.3, 0.4) is 0 Å². The summed E-state index contributed by atoms with van der Waals surface area (Å²) in [5, 5.41) is 0.125. The molecule has 1 amide bonds. The Morgan fingerprint density at radius 2 is 1.86 bits per heavy atom. The molecule has 22 heavy (non-hydrogen) atoms. The maximum Gasteiger partial charge on any atom is 0.270 e. The van der Waals surface area contributed by atoms with E-state index in [0.717, 1.165) is 13.1 Å². The molecule has 2 aliphatic rings. The molecule has 116 valence electrons. The molecule has 1 aromatic carbocycles. The average Bonchev–Trinajstić information content (AvgIpc) is 3.09. The lowest BCUT2D eigenvalue weighted by atomic mass is 9.78. The Hall–Kier alpha value is -1.62. The molecule has 1 saturated carbocycles. The van der Waals surface area contributed by atoms with Crippen LogP contribution in [0, 0.1) is 17.0 Å². The molecule has 0 unspecified atom stereocenters. The summed E-state index contributed by atoms with van der Waals surface area (Å²) in [6, 6.07) is 2.86. The lowest BCUT2D eigenvalue weighted by molar-refractivity contribution is 0.00893. The Morgan fingerprint density at radius 3 is 2.55 bits per heavy atom. The standard InChI is InChI=1S/C16H15ClF2N2O/c17-10-5-9-6-11(20-14(9)13(19)12(10)18)15(22)21-7-16(8-21)3-1-2-4-16/h5-6,20H,1-4,7-8H2. The van der Waals surface area contributed by atoms with Crippen LogP contribution in [0.25, 0.3) is 10.9 Å². The summed E-state index contributed by atoms with van der Waals surface area (Å²) in [7, 11) is 0. The minimum atomic E-state index is -1.09. The molecule has 1 spiro atoms. The fourth-order valence-electron chi connectivity index (χ4n) is 3.81. The van der Waals surface area contributed by atoms with Crippen LogP contribution in [0.4, 0.5) is 8.78 Å². The number of halogens is 3. The van der Waals surface area contributed by atoms with Crippen molar-refractivity contribution < 1.29 is 13.6 Å². The van der Waals surface area contributed by atoms with Crippen LogP contribution < -0.4 is 0 Å². The third kappa shape index (κ3) is 1.95. The van der Waals surface area contributed by atoms with E-state index in [0.29, 0.717) is 10.8 Å². The number of hydrogen-bond acceptors (Lipinski definition) is 1. The molecule has 0 atom stereocenters. The maximum absolute atomic E-state index is 13.9. The number of fused-ring (bicyclic) bond motifs is 1. The van der Waals surface area contributed by atoms with Gasteiger partial charge in [-0.05, 0) is 25.0 Å². The van der Waals surface area contributed by atoms with Crippen molar-refractivity contribution in [3.8, 4) is 0 Å². The fraction of sp³-hybridized carbons (Fsp3) is 0.438. The summed E-state index contributed by atoms with van der Waals surface area (Å²) < 4.78 is 27.3. The predicted octanol–water partition coefficient (Wildman–Crippen LogP) is 4.12. The monoisotopic (exact) mass is 324 g/mol. The van der Waals surface area contributed by atoms with E-state index in [1.165, 1.54) is 37.8 Å². The molecule has 1 aliphatic carbocycles. The molecule has 2 aromatic rings. The van der Waals surface area contributed by atoms with Crippen LogP contribution in [0.2, 0.25) is 5.02 Å². The summed E-state index contributed by atoms with van der Waals surface area (Å²) in [6.45, 7) is 1.53. The van der Waals surface area contributed by atoms with Crippen LogP contribution in [-0.2, 0) is 0 Å². The van der Waals surface area contributed by atoms with Gasteiger partial charge in [-0.3, -0.25) is 4.79 Å². The minimum absolute atomic E-state index is 0.0126. The number of hydrogen-bond donors (Lipinski definition) is 1. The Bertz CT molecular complexity index is 772. The number of carbonyl (C=O) groups excluding carboxylic acids is 1. The normalized spacial score (nSPS) is 19.9. The number of nitrogens with zero attached hydrogens (tertiary/aromatic N) is 1. The van der Waals surface area contributed by atoms with Gasteiger partial charge in [0.2, 0.25) is 0 Å². The van der Waals surface area contributed by atoms with E-state index < -0.39 is 11.6 Å².